The summed E-state index contributed by atoms with van der Waals surface area (Å²) in [5, 5.41) is 7.27. The number of fused-ring (bicyclic) bond motifs is 2. The molecule has 0 unspecified atom stereocenters. The van der Waals surface area contributed by atoms with Crippen molar-refractivity contribution < 1.29 is 9.59 Å². The molecule has 1 N–H and O–H groups in total. The van der Waals surface area contributed by atoms with Crippen LogP contribution in [0.3, 0.4) is 0 Å². The van der Waals surface area contributed by atoms with E-state index in [2.05, 4.69) is 10.3 Å². The topological polar surface area (TPSA) is 62.3 Å². The van der Waals surface area contributed by atoms with Gasteiger partial charge in [0.2, 0.25) is 0 Å². The van der Waals surface area contributed by atoms with E-state index in [1.54, 1.807) is 29.3 Å². The number of carbonyl (C=O) groups excluding carboxylic acids is 2. The van der Waals surface area contributed by atoms with Gasteiger partial charge in [-0.2, -0.15) is 11.3 Å². The molecule has 7 heteroatoms. The Labute approximate surface area is 159 Å². The smallest absolute Gasteiger partial charge is 0.261 e. The molecule has 26 heavy (non-hydrogen) atoms. The predicted molar refractivity (Wildman–Crippen MR) is 104 cm³/mol. The number of hydrogen-bond acceptors (Lipinski definition) is 5. The van der Waals surface area contributed by atoms with Crippen LogP contribution in [0, 0.1) is 0 Å². The average Bonchev–Trinajstić information content (AvgIpc) is 3.15. The van der Waals surface area contributed by atoms with E-state index < -0.39 is 0 Å². The van der Waals surface area contributed by atoms with E-state index in [9.17, 15) is 9.59 Å². The zero-order valence-corrected chi connectivity index (χ0v) is 15.6. The molecule has 3 aromatic rings. The summed E-state index contributed by atoms with van der Waals surface area (Å²) in [4.78, 5) is 32.1. The van der Waals surface area contributed by atoms with E-state index in [-0.39, 0.29) is 11.8 Å². The van der Waals surface area contributed by atoms with E-state index in [1.807, 2.05) is 35.9 Å². The Balaban J connectivity index is 1.72. The lowest BCUT2D eigenvalue weighted by molar-refractivity contribution is 0.0983. The minimum Gasteiger partial charge on any atom is -0.322 e. The summed E-state index contributed by atoms with van der Waals surface area (Å²) in [5.41, 5.74) is 2.75. The molecule has 0 aliphatic carbocycles. The van der Waals surface area contributed by atoms with Gasteiger partial charge in [0, 0.05) is 28.7 Å². The Morgan fingerprint density at radius 3 is 2.92 bits per heavy atom. The summed E-state index contributed by atoms with van der Waals surface area (Å²) < 4.78 is 0. The summed E-state index contributed by atoms with van der Waals surface area (Å²) in [6, 6.07) is 10.9. The second-order valence-corrected chi connectivity index (χ2v) is 7.47. The van der Waals surface area contributed by atoms with Gasteiger partial charge in [-0.1, -0.05) is 11.8 Å². The van der Waals surface area contributed by atoms with Crippen molar-refractivity contribution in [3.8, 4) is 0 Å². The van der Waals surface area contributed by atoms with Crippen LogP contribution in [0.1, 0.15) is 27.6 Å². The van der Waals surface area contributed by atoms with Crippen LogP contribution in [-0.4, -0.2) is 23.3 Å². The molecule has 130 valence electrons. The number of aromatic nitrogens is 1. The second-order valence-electron chi connectivity index (χ2n) is 5.66. The monoisotopic (exact) mass is 381 g/mol. The van der Waals surface area contributed by atoms with Crippen LogP contribution in [-0.2, 0) is 0 Å². The van der Waals surface area contributed by atoms with Crippen molar-refractivity contribution in [2.45, 2.75) is 16.8 Å². The zero-order valence-electron chi connectivity index (χ0n) is 13.9. The highest BCUT2D eigenvalue weighted by Crippen LogP contribution is 2.41. The van der Waals surface area contributed by atoms with E-state index >= 15 is 0 Å². The van der Waals surface area contributed by atoms with Gasteiger partial charge in [-0.25, -0.2) is 4.98 Å². The molecule has 1 aliphatic rings. The Bertz CT molecular complexity index is 986. The van der Waals surface area contributed by atoms with Crippen molar-refractivity contribution in [1.82, 2.24) is 4.98 Å². The van der Waals surface area contributed by atoms with Gasteiger partial charge in [0.1, 0.15) is 5.03 Å². The van der Waals surface area contributed by atoms with Gasteiger partial charge in [-0.05, 0) is 48.7 Å². The highest BCUT2D eigenvalue weighted by molar-refractivity contribution is 7.99. The van der Waals surface area contributed by atoms with Gasteiger partial charge in [0.05, 0.1) is 16.8 Å². The zero-order chi connectivity index (χ0) is 18.1. The molecule has 0 bridgehead atoms. The molecule has 4 rings (SSSR count). The van der Waals surface area contributed by atoms with Crippen molar-refractivity contribution in [2.24, 2.45) is 0 Å². The van der Waals surface area contributed by atoms with Crippen LogP contribution in [0.4, 0.5) is 11.4 Å². The van der Waals surface area contributed by atoms with E-state index in [0.717, 1.165) is 10.6 Å². The highest BCUT2D eigenvalue weighted by Gasteiger charge is 2.27. The first-order chi connectivity index (χ1) is 12.7. The molecule has 5 nitrogen and oxygen atoms in total. The number of anilines is 2. The maximum atomic E-state index is 12.9. The quantitative estimate of drug-likeness (QED) is 0.724. The molecule has 2 amide bonds. The number of benzene rings is 1. The molecule has 2 aromatic heterocycles. The summed E-state index contributed by atoms with van der Waals surface area (Å²) in [6.07, 6.45) is 1.68. The number of pyridine rings is 1. The van der Waals surface area contributed by atoms with Crippen molar-refractivity contribution >= 4 is 46.3 Å². The maximum Gasteiger partial charge on any atom is 0.261 e. The van der Waals surface area contributed by atoms with E-state index in [1.165, 1.54) is 23.1 Å². The molecule has 3 heterocycles. The lowest BCUT2D eigenvalue weighted by Gasteiger charge is -2.21. The number of rotatable bonds is 3. The van der Waals surface area contributed by atoms with Gasteiger partial charge in [-0.3, -0.25) is 9.59 Å². The Morgan fingerprint density at radius 2 is 2.15 bits per heavy atom. The Morgan fingerprint density at radius 1 is 1.27 bits per heavy atom. The van der Waals surface area contributed by atoms with Crippen molar-refractivity contribution in [2.75, 3.05) is 16.8 Å². The standard InChI is InChI=1S/C19H15N3O2S2/c1-2-22-15-6-5-13(21-17(23)12-7-9-25-11-12)10-16(15)26-18-14(19(22)24)4-3-8-20-18/h3-11H,2H2,1H3,(H,21,23). The number of nitrogens with one attached hydrogen (secondary N) is 1. The van der Waals surface area contributed by atoms with Crippen LogP contribution in [0.5, 0.6) is 0 Å². The van der Waals surface area contributed by atoms with E-state index in [4.69, 9.17) is 0 Å². The maximum absolute atomic E-state index is 12.9. The van der Waals surface area contributed by atoms with Crippen LogP contribution in [0.15, 0.2) is 63.3 Å². The molecular weight excluding hydrogens is 366 g/mol. The van der Waals surface area contributed by atoms with Crippen molar-refractivity contribution in [1.29, 1.82) is 0 Å². The fourth-order valence-corrected chi connectivity index (χ4v) is 4.49. The number of thiophene rings is 1. The first-order valence-electron chi connectivity index (χ1n) is 8.09. The highest BCUT2D eigenvalue weighted by atomic mass is 32.2. The van der Waals surface area contributed by atoms with Crippen LogP contribution >= 0.6 is 23.1 Å². The summed E-state index contributed by atoms with van der Waals surface area (Å²) >= 11 is 2.92. The lowest BCUT2D eigenvalue weighted by atomic mass is 10.2. The van der Waals surface area contributed by atoms with E-state index in [0.29, 0.717) is 28.4 Å². The number of nitrogens with zero attached hydrogens (tertiary/aromatic N) is 2. The summed E-state index contributed by atoms with van der Waals surface area (Å²) in [5.74, 6) is -0.205. The third-order valence-electron chi connectivity index (χ3n) is 4.06. The molecule has 1 aromatic carbocycles. The largest absolute Gasteiger partial charge is 0.322 e. The SMILES string of the molecule is CCN1C(=O)c2cccnc2Sc2cc(NC(=O)c3ccsc3)ccc21. The molecule has 0 fully saturated rings. The first kappa shape index (κ1) is 16.8. The van der Waals surface area contributed by atoms with Crippen molar-refractivity contribution in [3.05, 3.63) is 64.5 Å². The predicted octanol–water partition coefficient (Wildman–Crippen LogP) is 4.53. The minimum absolute atomic E-state index is 0.0584. The minimum atomic E-state index is -0.147. The van der Waals surface area contributed by atoms with Crippen LogP contribution in [0.2, 0.25) is 0 Å². The summed E-state index contributed by atoms with van der Waals surface area (Å²) in [7, 11) is 0. The second kappa shape index (κ2) is 6.93. The molecule has 0 radical (unpaired) electrons. The Hall–Kier alpha value is -2.64. The van der Waals surface area contributed by atoms with Gasteiger partial charge >= 0.3 is 0 Å². The van der Waals surface area contributed by atoms with Crippen LogP contribution < -0.4 is 10.2 Å². The van der Waals surface area contributed by atoms with Gasteiger partial charge in [0.15, 0.2) is 0 Å². The lowest BCUT2D eigenvalue weighted by Crippen LogP contribution is -2.30. The van der Waals surface area contributed by atoms with Gasteiger partial charge < -0.3 is 10.2 Å². The number of carbonyl (C=O) groups is 2. The molecule has 1 aliphatic heterocycles. The normalized spacial score (nSPS) is 13.0. The molecule has 0 spiro atoms. The third kappa shape index (κ3) is 3.00. The third-order valence-corrected chi connectivity index (χ3v) is 5.81. The molecule has 0 saturated heterocycles. The number of hydrogen-bond donors (Lipinski definition) is 1. The van der Waals surface area contributed by atoms with Gasteiger partial charge in [0.25, 0.3) is 11.8 Å². The fourth-order valence-electron chi connectivity index (χ4n) is 2.80. The molecule has 0 saturated carbocycles. The molecule has 0 atom stereocenters. The Kier molecular flexibility index (Phi) is 4.48. The van der Waals surface area contributed by atoms with Crippen LogP contribution in [0.25, 0.3) is 0 Å². The van der Waals surface area contributed by atoms with Crippen molar-refractivity contribution in [3.63, 3.8) is 0 Å². The average molecular weight is 381 g/mol. The number of amides is 2. The first-order valence-corrected chi connectivity index (χ1v) is 9.85. The summed E-state index contributed by atoms with van der Waals surface area (Å²) in [6.45, 7) is 2.50. The molecular formula is C19H15N3O2S2. The fraction of sp³-hybridized carbons (Fsp3) is 0.105. The van der Waals surface area contributed by atoms with Gasteiger partial charge in [-0.15, -0.1) is 0 Å².